The van der Waals surface area contributed by atoms with Gasteiger partial charge in [-0.25, -0.2) is 4.57 Å². The molecule has 0 aliphatic heterocycles. The molecule has 0 atom stereocenters. The van der Waals surface area contributed by atoms with Gasteiger partial charge in [0.2, 0.25) is 0 Å². The van der Waals surface area contributed by atoms with Crippen LogP contribution in [0.5, 0.6) is 0 Å². The van der Waals surface area contributed by atoms with Crippen LogP contribution in [0.25, 0.3) is 0 Å². The summed E-state index contributed by atoms with van der Waals surface area (Å²) < 4.78 is 25.6. The molecule has 0 spiro atoms. The van der Waals surface area contributed by atoms with Gasteiger partial charge in [-0.05, 0) is 12.8 Å². The van der Waals surface area contributed by atoms with E-state index in [2.05, 4.69) is 4.52 Å². The highest BCUT2D eigenvalue weighted by Crippen LogP contribution is 2.37. The van der Waals surface area contributed by atoms with Gasteiger partial charge in [0.15, 0.2) is 0 Å². The molecule has 0 fully saturated rings. The van der Waals surface area contributed by atoms with Gasteiger partial charge in [0.25, 0.3) is 0 Å². The van der Waals surface area contributed by atoms with E-state index >= 15 is 0 Å². The standard InChI is InChI=1S/C9H21O6P/c1-3-5-13-7-9(8-14-6-4-2)15-16(10,11)12/h9H,3-8H2,1-2H3,(H2,10,11,12). The fourth-order valence-corrected chi connectivity index (χ4v) is 1.53. The first-order chi connectivity index (χ1) is 7.49. The van der Waals surface area contributed by atoms with Crippen LogP contribution < -0.4 is 0 Å². The maximum atomic E-state index is 10.7. The molecule has 0 bridgehead atoms. The average molecular weight is 256 g/mol. The molecule has 0 amide bonds. The van der Waals surface area contributed by atoms with Crippen LogP contribution in [0, 0.1) is 0 Å². The number of rotatable bonds is 10. The first-order valence-corrected chi connectivity index (χ1v) is 6.92. The van der Waals surface area contributed by atoms with Gasteiger partial charge in [-0.2, -0.15) is 0 Å². The molecule has 6 nitrogen and oxygen atoms in total. The second-order valence-corrected chi connectivity index (χ2v) is 4.56. The Labute approximate surface area is 96.1 Å². The summed E-state index contributed by atoms with van der Waals surface area (Å²) in [6.07, 6.45) is 0.968. The number of phosphoric ester groups is 1. The Morgan fingerprint density at radius 1 is 1.06 bits per heavy atom. The van der Waals surface area contributed by atoms with Gasteiger partial charge < -0.3 is 19.3 Å². The minimum Gasteiger partial charge on any atom is -0.379 e. The second kappa shape index (κ2) is 9.10. The lowest BCUT2D eigenvalue weighted by Gasteiger charge is -2.18. The fraction of sp³-hybridized carbons (Fsp3) is 1.00. The van der Waals surface area contributed by atoms with Crippen molar-refractivity contribution in [3.8, 4) is 0 Å². The molecule has 0 rings (SSSR count). The summed E-state index contributed by atoms with van der Waals surface area (Å²) in [6, 6.07) is 0. The molecule has 7 heteroatoms. The molecule has 0 radical (unpaired) electrons. The maximum Gasteiger partial charge on any atom is 0.470 e. The zero-order valence-corrected chi connectivity index (χ0v) is 10.7. The number of hydrogen-bond donors (Lipinski definition) is 2. The van der Waals surface area contributed by atoms with Crippen molar-refractivity contribution < 1.29 is 28.3 Å². The third kappa shape index (κ3) is 10.5. The zero-order chi connectivity index (χ0) is 12.4. The van der Waals surface area contributed by atoms with Crippen molar-refractivity contribution in [2.45, 2.75) is 32.8 Å². The summed E-state index contributed by atoms with van der Waals surface area (Å²) >= 11 is 0. The molecule has 0 saturated carbocycles. The Morgan fingerprint density at radius 2 is 1.50 bits per heavy atom. The Kier molecular flexibility index (Phi) is 9.12. The van der Waals surface area contributed by atoms with Crippen molar-refractivity contribution >= 4 is 7.82 Å². The first-order valence-electron chi connectivity index (χ1n) is 5.39. The van der Waals surface area contributed by atoms with Gasteiger partial charge in [-0.3, -0.25) is 4.52 Å². The highest BCUT2D eigenvalue weighted by molar-refractivity contribution is 7.46. The van der Waals surface area contributed by atoms with Crippen LogP contribution in [0.1, 0.15) is 26.7 Å². The summed E-state index contributed by atoms with van der Waals surface area (Å²) in [4.78, 5) is 17.4. The van der Waals surface area contributed by atoms with Crippen molar-refractivity contribution in [2.24, 2.45) is 0 Å². The third-order valence-corrected chi connectivity index (χ3v) is 2.16. The van der Waals surface area contributed by atoms with E-state index in [-0.39, 0.29) is 13.2 Å². The van der Waals surface area contributed by atoms with E-state index in [0.717, 1.165) is 12.8 Å². The van der Waals surface area contributed by atoms with Crippen molar-refractivity contribution in [3.63, 3.8) is 0 Å². The first kappa shape index (κ1) is 16.0. The SMILES string of the molecule is CCCOCC(COCCC)OP(=O)(O)O. The number of ether oxygens (including phenoxy) is 2. The van der Waals surface area contributed by atoms with Gasteiger partial charge >= 0.3 is 7.82 Å². The molecule has 2 N–H and O–H groups in total. The summed E-state index contributed by atoms with van der Waals surface area (Å²) in [5, 5.41) is 0. The number of phosphoric acid groups is 1. The van der Waals surface area contributed by atoms with Crippen LogP contribution in [-0.4, -0.2) is 42.3 Å². The third-order valence-electron chi connectivity index (χ3n) is 1.59. The largest absolute Gasteiger partial charge is 0.470 e. The van der Waals surface area contributed by atoms with Crippen molar-refractivity contribution in [3.05, 3.63) is 0 Å². The molecular weight excluding hydrogens is 235 g/mol. The molecule has 98 valence electrons. The lowest BCUT2D eigenvalue weighted by molar-refractivity contribution is -0.0179. The van der Waals surface area contributed by atoms with E-state index in [1.807, 2.05) is 13.8 Å². The molecular formula is C9H21O6P. The van der Waals surface area contributed by atoms with Gasteiger partial charge in [0.1, 0.15) is 6.10 Å². The average Bonchev–Trinajstić information content (AvgIpc) is 2.16. The van der Waals surface area contributed by atoms with Gasteiger partial charge in [-0.15, -0.1) is 0 Å². The molecule has 0 aliphatic rings. The fourth-order valence-electron chi connectivity index (χ4n) is 1.02. The van der Waals surface area contributed by atoms with E-state index in [4.69, 9.17) is 19.3 Å². The molecule has 0 unspecified atom stereocenters. The normalized spacial score (nSPS) is 12.3. The molecule has 0 aliphatic carbocycles. The monoisotopic (exact) mass is 256 g/mol. The lowest BCUT2D eigenvalue weighted by atomic mass is 10.4. The molecule has 0 saturated heterocycles. The van der Waals surface area contributed by atoms with Gasteiger partial charge in [0.05, 0.1) is 13.2 Å². The number of hydrogen-bond acceptors (Lipinski definition) is 4. The van der Waals surface area contributed by atoms with Crippen LogP contribution in [-0.2, 0) is 18.6 Å². The zero-order valence-electron chi connectivity index (χ0n) is 9.79. The van der Waals surface area contributed by atoms with E-state index in [1.54, 1.807) is 0 Å². The Bertz CT molecular complexity index is 194. The van der Waals surface area contributed by atoms with Crippen LogP contribution in [0.15, 0.2) is 0 Å². The Balaban J connectivity index is 3.90. The van der Waals surface area contributed by atoms with E-state index in [1.165, 1.54) is 0 Å². The van der Waals surface area contributed by atoms with Crippen LogP contribution in [0.2, 0.25) is 0 Å². The van der Waals surface area contributed by atoms with Gasteiger partial charge in [-0.1, -0.05) is 13.8 Å². The van der Waals surface area contributed by atoms with E-state index < -0.39 is 13.9 Å². The second-order valence-electron chi connectivity index (χ2n) is 3.37. The minimum atomic E-state index is -4.48. The summed E-state index contributed by atoms with van der Waals surface area (Å²) in [5.41, 5.74) is 0. The van der Waals surface area contributed by atoms with Gasteiger partial charge in [0, 0.05) is 13.2 Å². The summed E-state index contributed by atoms with van der Waals surface area (Å²) in [6.45, 7) is 5.23. The maximum absolute atomic E-state index is 10.7. The molecule has 0 aromatic heterocycles. The summed E-state index contributed by atoms with van der Waals surface area (Å²) in [7, 11) is -4.48. The van der Waals surface area contributed by atoms with Crippen LogP contribution in [0.4, 0.5) is 0 Å². The van der Waals surface area contributed by atoms with Crippen LogP contribution in [0.3, 0.4) is 0 Å². The molecule has 0 aromatic rings. The van der Waals surface area contributed by atoms with Crippen molar-refractivity contribution in [2.75, 3.05) is 26.4 Å². The highest BCUT2D eigenvalue weighted by Gasteiger charge is 2.22. The molecule has 0 aromatic carbocycles. The summed E-state index contributed by atoms with van der Waals surface area (Å²) in [5.74, 6) is 0. The van der Waals surface area contributed by atoms with E-state index in [0.29, 0.717) is 13.2 Å². The van der Waals surface area contributed by atoms with Crippen molar-refractivity contribution in [1.29, 1.82) is 0 Å². The molecule has 0 heterocycles. The Morgan fingerprint density at radius 3 is 1.81 bits per heavy atom. The highest BCUT2D eigenvalue weighted by atomic mass is 31.2. The van der Waals surface area contributed by atoms with Crippen LogP contribution >= 0.6 is 7.82 Å². The lowest BCUT2D eigenvalue weighted by Crippen LogP contribution is -2.25. The Hall–Kier alpha value is 0.0300. The van der Waals surface area contributed by atoms with Crippen molar-refractivity contribution in [1.82, 2.24) is 0 Å². The predicted molar refractivity (Wildman–Crippen MR) is 59.1 cm³/mol. The topological polar surface area (TPSA) is 85.2 Å². The minimum absolute atomic E-state index is 0.128. The smallest absolute Gasteiger partial charge is 0.379 e. The molecule has 16 heavy (non-hydrogen) atoms. The van der Waals surface area contributed by atoms with E-state index in [9.17, 15) is 4.57 Å². The predicted octanol–water partition coefficient (Wildman–Crippen LogP) is 1.32. The quantitative estimate of drug-likeness (QED) is 0.453.